The van der Waals surface area contributed by atoms with Crippen molar-refractivity contribution in [3.63, 3.8) is 0 Å². The molecule has 7 heteroatoms. The molecule has 148 valence electrons. The summed E-state index contributed by atoms with van der Waals surface area (Å²) in [6, 6.07) is 21.8. The molecule has 0 aromatic heterocycles. The highest BCUT2D eigenvalue weighted by Gasteiger charge is 2.20. The first-order valence-corrected chi connectivity index (χ1v) is 10.2. The van der Waals surface area contributed by atoms with Crippen LogP contribution in [0.25, 0.3) is 0 Å². The number of thioether (sulfide) groups is 1. The summed E-state index contributed by atoms with van der Waals surface area (Å²) in [4.78, 5) is 24.0. The largest absolute Gasteiger partial charge is 0.489 e. The molecule has 0 unspecified atom stereocenters. The lowest BCUT2D eigenvalue weighted by Gasteiger charge is -2.10. The van der Waals surface area contributed by atoms with Crippen LogP contribution < -0.4 is 10.1 Å². The number of nitro groups is 1. The number of ether oxygens (including phenoxy) is 1. The number of nitrogens with one attached hydrogen (secondary N) is 1. The van der Waals surface area contributed by atoms with Crippen molar-refractivity contribution in [2.45, 2.75) is 18.0 Å². The third-order valence-electron chi connectivity index (χ3n) is 4.24. The second-order valence-electron chi connectivity index (χ2n) is 6.24. The van der Waals surface area contributed by atoms with Crippen molar-refractivity contribution >= 4 is 23.4 Å². The summed E-state index contributed by atoms with van der Waals surface area (Å²) < 4.78 is 5.80. The van der Waals surface area contributed by atoms with Crippen LogP contribution in [0.15, 0.2) is 77.7 Å². The van der Waals surface area contributed by atoms with Crippen LogP contribution in [0.1, 0.15) is 21.5 Å². The molecule has 29 heavy (non-hydrogen) atoms. The van der Waals surface area contributed by atoms with E-state index >= 15 is 0 Å². The SMILES string of the molecule is CSc1ccc([N+](=O)[O-])c(C(=O)NCc2cccc(OCc3ccccc3)c2)c1. The Morgan fingerprint density at radius 1 is 1.03 bits per heavy atom. The molecule has 0 spiro atoms. The van der Waals surface area contributed by atoms with E-state index < -0.39 is 10.8 Å². The molecule has 0 aliphatic heterocycles. The lowest BCUT2D eigenvalue weighted by Crippen LogP contribution is -2.23. The van der Waals surface area contributed by atoms with Crippen molar-refractivity contribution in [3.8, 4) is 5.75 Å². The molecule has 0 saturated heterocycles. The summed E-state index contributed by atoms with van der Waals surface area (Å²) in [6.07, 6.45) is 1.85. The molecule has 3 aromatic carbocycles. The topological polar surface area (TPSA) is 81.5 Å². The summed E-state index contributed by atoms with van der Waals surface area (Å²) in [5.74, 6) is 0.208. The smallest absolute Gasteiger partial charge is 0.282 e. The van der Waals surface area contributed by atoms with Gasteiger partial charge in [-0.15, -0.1) is 11.8 Å². The first-order chi connectivity index (χ1) is 14.1. The van der Waals surface area contributed by atoms with Crippen LogP contribution in [0.3, 0.4) is 0 Å². The monoisotopic (exact) mass is 408 g/mol. The minimum atomic E-state index is -0.545. The number of hydrogen-bond acceptors (Lipinski definition) is 5. The quantitative estimate of drug-likeness (QED) is 0.328. The maximum absolute atomic E-state index is 12.6. The fraction of sp³-hybridized carbons (Fsp3) is 0.136. The molecule has 0 aliphatic rings. The standard InChI is InChI=1S/C22H20N2O4S/c1-29-19-10-11-21(24(26)27)20(13-19)22(25)23-14-17-8-5-9-18(12-17)28-15-16-6-3-2-4-7-16/h2-13H,14-15H2,1H3,(H,23,25). The highest BCUT2D eigenvalue weighted by Crippen LogP contribution is 2.25. The minimum absolute atomic E-state index is 0.0540. The van der Waals surface area contributed by atoms with E-state index in [0.29, 0.717) is 12.4 Å². The van der Waals surface area contributed by atoms with E-state index in [-0.39, 0.29) is 17.8 Å². The number of carbonyl (C=O) groups excluding carboxylic acids is 1. The summed E-state index contributed by atoms with van der Waals surface area (Å²) in [5, 5.41) is 14.0. The minimum Gasteiger partial charge on any atom is -0.489 e. The van der Waals surface area contributed by atoms with Gasteiger partial charge >= 0.3 is 0 Å². The van der Waals surface area contributed by atoms with Gasteiger partial charge in [0.2, 0.25) is 0 Å². The Labute approximate surface area is 173 Å². The van der Waals surface area contributed by atoms with Crippen LogP contribution in [0.4, 0.5) is 5.69 Å². The second-order valence-corrected chi connectivity index (χ2v) is 7.12. The van der Waals surface area contributed by atoms with Crippen molar-refractivity contribution in [1.82, 2.24) is 5.32 Å². The number of carbonyl (C=O) groups is 1. The molecular weight excluding hydrogens is 388 g/mol. The summed E-state index contributed by atoms with van der Waals surface area (Å²) >= 11 is 1.42. The van der Waals surface area contributed by atoms with Crippen LogP contribution in [0.5, 0.6) is 5.75 Å². The predicted molar refractivity (Wildman–Crippen MR) is 113 cm³/mol. The Morgan fingerprint density at radius 3 is 2.52 bits per heavy atom. The van der Waals surface area contributed by atoms with E-state index in [1.807, 2.05) is 60.9 Å². The first kappa shape index (κ1) is 20.4. The molecule has 0 heterocycles. The highest BCUT2D eigenvalue weighted by atomic mass is 32.2. The number of nitro benzene ring substituents is 1. The van der Waals surface area contributed by atoms with Crippen LogP contribution in [-0.2, 0) is 13.2 Å². The molecule has 1 N–H and O–H groups in total. The third-order valence-corrected chi connectivity index (χ3v) is 4.97. The Kier molecular flexibility index (Phi) is 6.86. The molecule has 0 radical (unpaired) electrons. The van der Waals surface area contributed by atoms with Crippen molar-refractivity contribution in [2.75, 3.05) is 6.26 Å². The maximum atomic E-state index is 12.6. The Hall–Kier alpha value is -3.32. The number of hydrogen-bond donors (Lipinski definition) is 1. The normalized spacial score (nSPS) is 10.4. The molecule has 0 saturated carbocycles. The maximum Gasteiger partial charge on any atom is 0.282 e. The van der Waals surface area contributed by atoms with Gasteiger partial charge in [0.25, 0.3) is 11.6 Å². The first-order valence-electron chi connectivity index (χ1n) is 8.93. The molecule has 1 amide bonds. The van der Waals surface area contributed by atoms with Crippen molar-refractivity contribution in [3.05, 3.63) is 99.6 Å². The van der Waals surface area contributed by atoms with Gasteiger partial charge in [-0.1, -0.05) is 42.5 Å². The van der Waals surface area contributed by atoms with E-state index in [4.69, 9.17) is 4.74 Å². The number of amides is 1. The summed E-state index contributed by atoms with van der Waals surface area (Å²) in [7, 11) is 0. The van der Waals surface area contributed by atoms with Gasteiger partial charge in [-0.3, -0.25) is 14.9 Å². The van der Waals surface area contributed by atoms with E-state index in [0.717, 1.165) is 16.0 Å². The van der Waals surface area contributed by atoms with Gasteiger partial charge in [0.15, 0.2) is 0 Å². The summed E-state index contributed by atoms with van der Waals surface area (Å²) in [5.41, 5.74) is 1.75. The zero-order valence-corrected chi connectivity index (χ0v) is 16.6. The zero-order valence-electron chi connectivity index (χ0n) is 15.8. The van der Waals surface area contributed by atoms with Crippen LogP contribution in [0.2, 0.25) is 0 Å². The third kappa shape index (κ3) is 5.58. The van der Waals surface area contributed by atoms with Gasteiger partial charge in [0.1, 0.15) is 17.9 Å². The van der Waals surface area contributed by atoms with Crippen molar-refractivity contribution in [2.24, 2.45) is 0 Å². The molecular formula is C22H20N2O4S. The average molecular weight is 408 g/mol. The molecule has 3 rings (SSSR count). The fourth-order valence-electron chi connectivity index (χ4n) is 2.75. The predicted octanol–water partition coefficient (Wildman–Crippen LogP) is 4.83. The van der Waals surface area contributed by atoms with Gasteiger partial charge in [0.05, 0.1) is 4.92 Å². The zero-order chi connectivity index (χ0) is 20.6. The number of rotatable bonds is 8. The van der Waals surface area contributed by atoms with E-state index in [1.54, 1.807) is 6.07 Å². The second kappa shape index (κ2) is 9.75. The van der Waals surface area contributed by atoms with Gasteiger partial charge in [-0.2, -0.15) is 0 Å². The lowest BCUT2D eigenvalue weighted by atomic mass is 10.1. The number of benzene rings is 3. The van der Waals surface area contributed by atoms with Gasteiger partial charge in [-0.05, 0) is 41.6 Å². The molecule has 0 atom stereocenters. The highest BCUT2D eigenvalue weighted by molar-refractivity contribution is 7.98. The average Bonchev–Trinajstić information content (AvgIpc) is 2.76. The Balaban J connectivity index is 1.65. The van der Waals surface area contributed by atoms with Crippen molar-refractivity contribution < 1.29 is 14.5 Å². The Bertz CT molecular complexity index is 1010. The van der Waals surface area contributed by atoms with E-state index in [9.17, 15) is 14.9 Å². The fourth-order valence-corrected chi connectivity index (χ4v) is 3.19. The van der Waals surface area contributed by atoms with Crippen LogP contribution in [-0.4, -0.2) is 17.1 Å². The summed E-state index contributed by atoms with van der Waals surface area (Å²) in [6.45, 7) is 0.687. The molecule has 6 nitrogen and oxygen atoms in total. The lowest BCUT2D eigenvalue weighted by molar-refractivity contribution is -0.385. The number of nitrogens with zero attached hydrogens (tertiary/aromatic N) is 1. The van der Waals surface area contributed by atoms with Gasteiger partial charge in [-0.25, -0.2) is 0 Å². The van der Waals surface area contributed by atoms with Gasteiger partial charge in [0, 0.05) is 17.5 Å². The van der Waals surface area contributed by atoms with Crippen molar-refractivity contribution in [1.29, 1.82) is 0 Å². The molecule has 3 aromatic rings. The van der Waals surface area contributed by atoms with Gasteiger partial charge < -0.3 is 10.1 Å². The van der Waals surface area contributed by atoms with E-state index in [1.165, 1.54) is 23.9 Å². The molecule has 0 fully saturated rings. The Morgan fingerprint density at radius 2 is 1.79 bits per heavy atom. The van der Waals surface area contributed by atoms with Crippen LogP contribution in [0, 0.1) is 10.1 Å². The molecule has 0 bridgehead atoms. The molecule has 0 aliphatic carbocycles. The van der Waals surface area contributed by atoms with E-state index in [2.05, 4.69) is 5.32 Å². The van der Waals surface area contributed by atoms with Crippen LogP contribution >= 0.6 is 11.8 Å².